The second-order valence-electron chi connectivity index (χ2n) is 16.3. The van der Waals surface area contributed by atoms with Crippen molar-refractivity contribution in [1.82, 2.24) is 15.0 Å². The molecule has 0 atom stereocenters. The van der Waals surface area contributed by atoms with E-state index in [4.69, 9.17) is 9.40 Å². The number of furan rings is 1. The van der Waals surface area contributed by atoms with Crippen LogP contribution in [0.25, 0.3) is 44.6 Å². The first-order chi connectivity index (χ1) is 24.1. The monoisotopic (exact) mass is 916 g/mol. The zero-order chi connectivity index (χ0) is 34.9. The first-order valence-corrected chi connectivity index (χ1v) is 26.1. The minimum absolute atomic E-state index is 0. The summed E-state index contributed by atoms with van der Waals surface area (Å²) in [6.07, 6.45) is 16.4. The largest absolute Gasteiger partial charge is 0 e. The Bertz CT molecular complexity index is 2090. The Labute approximate surface area is 321 Å². The molecule has 0 amide bonds. The van der Waals surface area contributed by atoms with Gasteiger partial charge in [-0.3, -0.25) is 0 Å². The van der Waals surface area contributed by atoms with E-state index in [-0.39, 0.29) is 25.5 Å². The van der Waals surface area contributed by atoms with Gasteiger partial charge in [-0.1, -0.05) is 50.3 Å². The van der Waals surface area contributed by atoms with E-state index in [1.54, 1.807) is 9.96 Å². The van der Waals surface area contributed by atoms with Crippen LogP contribution in [0.5, 0.6) is 0 Å². The molecule has 6 heteroatoms. The summed E-state index contributed by atoms with van der Waals surface area (Å²) in [7, 11) is 0. The van der Waals surface area contributed by atoms with E-state index in [1.165, 1.54) is 63.4 Å². The number of rotatable bonds is 7. The van der Waals surface area contributed by atoms with E-state index in [1.807, 2.05) is 31.3 Å². The quantitative estimate of drug-likeness (QED) is 0.118. The van der Waals surface area contributed by atoms with Gasteiger partial charge in [0.25, 0.3) is 0 Å². The van der Waals surface area contributed by atoms with Crippen LogP contribution in [0.15, 0.2) is 83.5 Å². The van der Waals surface area contributed by atoms with Crippen molar-refractivity contribution in [3.8, 4) is 22.5 Å². The van der Waals surface area contributed by atoms with Crippen molar-refractivity contribution in [2.75, 3.05) is 0 Å². The fraction of sp³-hybridized carbons (Fsp3) is 0.400. The Balaban J connectivity index is 0.000000178. The van der Waals surface area contributed by atoms with Crippen molar-refractivity contribution >= 4 is 39.7 Å². The number of nitrogens with zero attached hydrogens (tertiary/aromatic N) is 3. The van der Waals surface area contributed by atoms with Gasteiger partial charge in [0, 0.05) is 37.4 Å². The van der Waals surface area contributed by atoms with Crippen LogP contribution in [0, 0.1) is 30.9 Å². The Morgan fingerprint density at radius 3 is 2.27 bits per heavy atom. The molecule has 2 aromatic carbocycles. The van der Waals surface area contributed by atoms with Crippen molar-refractivity contribution in [3.63, 3.8) is 0 Å². The summed E-state index contributed by atoms with van der Waals surface area (Å²) in [5, 5.41) is 2.08. The van der Waals surface area contributed by atoms with E-state index in [0.29, 0.717) is 5.71 Å². The van der Waals surface area contributed by atoms with Gasteiger partial charge in [-0.2, -0.15) is 0 Å². The van der Waals surface area contributed by atoms with Crippen molar-refractivity contribution in [2.45, 2.75) is 101 Å². The van der Waals surface area contributed by atoms with E-state index >= 15 is 0 Å². The predicted molar refractivity (Wildman–Crippen MR) is 210 cm³/mol. The molecule has 4 aromatic heterocycles. The SMILES string of the molecule is Cc1ccc2c(n1)oc1[c-]c(-c3cc(C(C)(C)C4CCCC4)ccn3)ccc12.[CH3][Ge]([CH3])([CH3])[c]1cnc(-c2[c-]cccc2)cc1CC1CCCC1.[Ir]. The second-order valence-corrected chi connectivity index (χ2v) is 26.8. The predicted octanol–water partition coefficient (Wildman–Crippen LogP) is 11.4. The van der Waals surface area contributed by atoms with Gasteiger partial charge in [0.1, 0.15) is 0 Å². The molecular formula is C45H51GeIrN3O-2. The Morgan fingerprint density at radius 1 is 0.824 bits per heavy atom. The molecule has 0 spiro atoms. The van der Waals surface area contributed by atoms with Crippen molar-refractivity contribution in [2.24, 2.45) is 11.8 Å². The molecule has 1 radical (unpaired) electrons. The number of benzene rings is 2. The summed E-state index contributed by atoms with van der Waals surface area (Å²) in [5.41, 5.74) is 9.59. The van der Waals surface area contributed by atoms with Gasteiger partial charge in [0.2, 0.25) is 5.71 Å². The molecule has 6 aromatic rings. The summed E-state index contributed by atoms with van der Waals surface area (Å²) < 4.78 is 7.57. The minimum atomic E-state index is -1.87. The Kier molecular flexibility index (Phi) is 11.7. The molecule has 4 nitrogen and oxygen atoms in total. The third kappa shape index (κ3) is 8.42. The van der Waals surface area contributed by atoms with Crippen molar-refractivity contribution in [3.05, 3.63) is 108 Å². The van der Waals surface area contributed by atoms with Gasteiger partial charge in [0.05, 0.1) is 5.58 Å². The van der Waals surface area contributed by atoms with E-state index in [9.17, 15) is 0 Å². The molecule has 2 aliphatic carbocycles. The van der Waals surface area contributed by atoms with Crippen LogP contribution in [-0.4, -0.2) is 28.2 Å². The molecule has 267 valence electrons. The van der Waals surface area contributed by atoms with Crippen LogP contribution in [0.1, 0.15) is 82.0 Å². The summed E-state index contributed by atoms with van der Waals surface area (Å²) in [6.45, 7) is 6.73. The molecule has 0 bridgehead atoms. The van der Waals surface area contributed by atoms with Gasteiger partial charge in [-0.05, 0) is 54.5 Å². The Hall–Kier alpha value is -3.12. The minimum Gasteiger partial charge on any atom is 0 e. The molecular weight excluding hydrogens is 863 g/mol. The topological polar surface area (TPSA) is 51.8 Å². The first kappa shape index (κ1) is 37.6. The number of aryl methyl sites for hydroxylation is 1. The molecule has 0 saturated heterocycles. The maximum absolute atomic E-state index is 5.98. The smallest absolute Gasteiger partial charge is 0 e. The summed E-state index contributed by atoms with van der Waals surface area (Å²) in [6, 6.07) is 30.0. The molecule has 2 saturated carbocycles. The standard InChI is InChI=1S/C25H25N2O.C20H26GeN.Ir/c1-16-8-10-21-20-11-9-17(14-23(20)28-24(21)27-16)22-15-19(12-13-26-22)25(2,3)18-6-4-5-7-18;1-21(2,3)19-15-22-20(17-11-5-4-6-12-17)14-18(19)13-16-9-7-8-10-16;/h8-13,15,18H,4-7H2,1-3H3;4-6,11,14-16H,7-10,13H2,1-3H3;/q2*-1;. The molecule has 2 aliphatic rings. The van der Waals surface area contributed by atoms with Crippen LogP contribution >= 0.6 is 0 Å². The summed E-state index contributed by atoms with van der Waals surface area (Å²) >= 11 is -1.87. The normalized spacial score (nSPS) is 15.6. The van der Waals surface area contributed by atoms with Gasteiger partial charge >= 0.3 is 137 Å². The van der Waals surface area contributed by atoms with Crippen molar-refractivity contribution in [1.29, 1.82) is 0 Å². The van der Waals surface area contributed by atoms with Crippen LogP contribution in [-0.2, 0) is 31.9 Å². The van der Waals surface area contributed by atoms with Crippen LogP contribution in [0.3, 0.4) is 0 Å². The van der Waals surface area contributed by atoms with E-state index in [2.05, 4.69) is 108 Å². The zero-order valence-electron chi connectivity index (χ0n) is 31.1. The summed E-state index contributed by atoms with van der Waals surface area (Å²) in [5.74, 6) is 9.06. The van der Waals surface area contributed by atoms with E-state index < -0.39 is 13.3 Å². The zero-order valence-corrected chi connectivity index (χ0v) is 35.6. The maximum Gasteiger partial charge on any atom is 0 e. The Morgan fingerprint density at radius 2 is 1.55 bits per heavy atom. The molecule has 51 heavy (non-hydrogen) atoms. The van der Waals surface area contributed by atoms with Gasteiger partial charge in [0.15, 0.2) is 0 Å². The molecule has 4 heterocycles. The van der Waals surface area contributed by atoms with Gasteiger partial charge in [-0.15, -0.1) is 17.7 Å². The summed E-state index contributed by atoms with van der Waals surface area (Å²) in [4.78, 5) is 13.9. The van der Waals surface area contributed by atoms with Crippen LogP contribution < -0.4 is 4.40 Å². The number of hydrogen-bond donors (Lipinski definition) is 0. The fourth-order valence-corrected chi connectivity index (χ4v) is 11.6. The molecule has 2 fully saturated rings. The molecule has 0 aliphatic heterocycles. The number of fused-ring (bicyclic) bond motifs is 3. The average Bonchev–Trinajstić information content (AvgIpc) is 3.90. The van der Waals surface area contributed by atoms with Crippen LogP contribution in [0.4, 0.5) is 0 Å². The average molecular weight is 915 g/mol. The molecule has 0 unspecified atom stereocenters. The van der Waals surface area contributed by atoms with E-state index in [0.717, 1.165) is 56.4 Å². The molecule has 0 N–H and O–H groups in total. The number of pyridine rings is 3. The third-order valence-electron chi connectivity index (χ3n) is 11.3. The number of hydrogen-bond acceptors (Lipinski definition) is 4. The van der Waals surface area contributed by atoms with Gasteiger partial charge in [-0.25, -0.2) is 4.98 Å². The number of aromatic nitrogens is 3. The maximum atomic E-state index is 5.98. The fourth-order valence-electron chi connectivity index (χ4n) is 8.26. The second kappa shape index (κ2) is 15.9. The van der Waals surface area contributed by atoms with Gasteiger partial charge < -0.3 is 9.40 Å². The molecule has 8 rings (SSSR count). The van der Waals surface area contributed by atoms with Crippen molar-refractivity contribution < 1.29 is 24.5 Å². The third-order valence-corrected chi connectivity index (χ3v) is 15.7. The first-order valence-electron chi connectivity index (χ1n) is 18.7. The van der Waals surface area contributed by atoms with Crippen LogP contribution in [0.2, 0.25) is 17.3 Å².